The van der Waals surface area contributed by atoms with E-state index in [0.717, 1.165) is 11.1 Å². The standard InChI is InChI=1S/C18H19NO3/c20-18(12-11-15-7-3-1-4-8-15)13-17(14-19(21)22)16-9-5-2-6-10-16/h1-10,17H,11-14H2/t17-/m0/s1. The van der Waals surface area contributed by atoms with Crippen LogP contribution >= 0.6 is 0 Å². The maximum absolute atomic E-state index is 12.2. The average molecular weight is 297 g/mol. The number of ketones is 1. The summed E-state index contributed by atoms with van der Waals surface area (Å²) in [5, 5.41) is 10.8. The first kappa shape index (κ1) is 15.9. The molecule has 0 saturated carbocycles. The lowest BCUT2D eigenvalue weighted by Gasteiger charge is -2.12. The molecular weight excluding hydrogens is 278 g/mol. The van der Waals surface area contributed by atoms with Crippen LogP contribution in [0.25, 0.3) is 0 Å². The van der Waals surface area contributed by atoms with E-state index < -0.39 is 0 Å². The number of carbonyl (C=O) groups excluding carboxylic acids is 1. The fraction of sp³-hybridized carbons (Fsp3) is 0.278. The third-order valence-corrected chi connectivity index (χ3v) is 3.65. The summed E-state index contributed by atoms with van der Waals surface area (Å²) in [5.41, 5.74) is 1.97. The summed E-state index contributed by atoms with van der Waals surface area (Å²) in [5.74, 6) is -0.279. The highest BCUT2D eigenvalue weighted by Gasteiger charge is 2.21. The lowest BCUT2D eigenvalue weighted by molar-refractivity contribution is -0.483. The van der Waals surface area contributed by atoms with Crippen molar-refractivity contribution in [3.63, 3.8) is 0 Å². The van der Waals surface area contributed by atoms with E-state index in [0.29, 0.717) is 12.8 Å². The van der Waals surface area contributed by atoms with Crippen molar-refractivity contribution < 1.29 is 9.72 Å². The minimum Gasteiger partial charge on any atom is -0.300 e. The highest BCUT2D eigenvalue weighted by molar-refractivity contribution is 5.79. The van der Waals surface area contributed by atoms with Crippen molar-refractivity contribution in [1.82, 2.24) is 0 Å². The Morgan fingerprint density at radius 2 is 1.59 bits per heavy atom. The van der Waals surface area contributed by atoms with Gasteiger partial charge in [0, 0.05) is 17.8 Å². The Balaban J connectivity index is 1.95. The highest BCUT2D eigenvalue weighted by Crippen LogP contribution is 2.21. The third-order valence-electron chi connectivity index (χ3n) is 3.65. The lowest BCUT2D eigenvalue weighted by Crippen LogP contribution is -2.16. The van der Waals surface area contributed by atoms with Crippen LogP contribution < -0.4 is 0 Å². The van der Waals surface area contributed by atoms with Crippen molar-refractivity contribution in [3.05, 3.63) is 81.9 Å². The van der Waals surface area contributed by atoms with Gasteiger partial charge in [-0.1, -0.05) is 60.7 Å². The van der Waals surface area contributed by atoms with Gasteiger partial charge in [0.15, 0.2) is 0 Å². The summed E-state index contributed by atoms with van der Waals surface area (Å²) in [6, 6.07) is 19.0. The Morgan fingerprint density at radius 1 is 1.00 bits per heavy atom. The molecule has 4 nitrogen and oxygen atoms in total. The maximum atomic E-state index is 12.2. The lowest BCUT2D eigenvalue weighted by atomic mass is 9.92. The van der Waals surface area contributed by atoms with Crippen LogP contribution in [-0.2, 0) is 11.2 Å². The average Bonchev–Trinajstić information content (AvgIpc) is 2.54. The molecule has 22 heavy (non-hydrogen) atoms. The second-order valence-corrected chi connectivity index (χ2v) is 5.35. The number of nitro groups is 1. The van der Waals surface area contributed by atoms with E-state index in [2.05, 4.69) is 0 Å². The van der Waals surface area contributed by atoms with Gasteiger partial charge in [0.1, 0.15) is 5.78 Å². The van der Waals surface area contributed by atoms with Crippen LogP contribution in [0.1, 0.15) is 29.9 Å². The van der Waals surface area contributed by atoms with Crippen molar-refractivity contribution in [3.8, 4) is 0 Å². The molecule has 0 bridgehead atoms. The van der Waals surface area contributed by atoms with Gasteiger partial charge in [-0.25, -0.2) is 0 Å². The summed E-state index contributed by atoms with van der Waals surface area (Å²) < 4.78 is 0. The number of carbonyl (C=O) groups is 1. The summed E-state index contributed by atoms with van der Waals surface area (Å²) in [6.45, 7) is -0.207. The topological polar surface area (TPSA) is 60.2 Å². The summed E-state index contributed by atoms with van der Waals surface area (Å²) >= 11 is 0. The van der Waals surface area contributed by atoms with Crippen LogP contribution in [0.5, 0.6) is 0 Å². The molecule has 2 aromatic carbocycles. The van der Waals surface area contributed by atoms with Gasteiger partial charge >= 0.3 is 0 Å². The molecular formula is C18H19NO3. The summed E-state index contributed by atoms with van der Waals surface area (Å²) in [6.07, 6.45) is 1.32. The van der Waals surface area contributed by atoms with Crippen molar-refractivity contribution in [1.29, 1.82) is 0 Å². The predicted molar refractivity (Wildman–Crippen MR) is 85.4 cm³/mol. The van der Waals surface area contributed by atoms with Gasteiger partial charge in [-0.05, 0) is 17.5 Å². The SMILES string of the molecule is O=C(CCc1ccccc1)C[C@@H](C[N+](=O)[O-])c1ccccc1. The number of nitrogens with zero attached hydrogens (tertiary/aromatic N) is 1. The number of benzene rings is 2. The van der Waals surface area contributed by atoms with Gasteiger partial charge in [0.05, 0.1) is 5.92 Å². The molecule has 0 radical (unpaired) electrons. The van der Waals surface area contributed by atoms with Crippen molar-refractivity contribution >= 4 is 5.78 Å². The van der Waals surface area contributed by atoms with Crippen LogP contribution in [0.3, 0.4) is 0 Å². The monoisotopic (exact) mass is 297 g/mol. The Labute approximate surface area is 129 Å². The Morgan fingerprint density at radius 3 is 2.18 bits per heavy atom. The van der Waals surface area contributed by atoms with Gasteiger partial charge < -0.3 is 0 Å². The van der Waals surface area contributed by atoms with Crippen molar-refractivity contribution in [2.24, 2.45) is 0 Å². The molecule has 0 aliphatic heterocycles. The summed E-state index contributed by atoms with van der Waals surface area (Å²) in [7, 11) is 0. The van der Waals surface area contributed by atoms with E-state index >= 15 is 0 Å². The first-order valence-electron chi connectivity index (χ1n) is 7.37. The van der Waals surface area contributed by atoms with E-state index in [-0.39, 0.29) is 29.6 Å². The zero-order valence-electron chi connectivity index (χ0n) is 12.4. The van der Waals surface area contributed by atoms with E-state index in [1.807, 2.05) is 60.7 Å². The fourth-order valence-electron chi connectivity index (χ4n) is 2.50. The molecule has 114 valence electrons. The second kappa shape index (κ2) is 8.08. The summed E-state index contributed by atoms with van der Waals surface area (Å²) in [4.78, 5) is 22.7. The van der Waals surface area contributed by atoms with E-state index in [9.17, 15) is 14.9 Å². The maximum Gasteiger partial charge on any atom is 0.211 e. The Hall–Kier alpha value is -2.49. The zero-order valence-corrected chi connectivity index (χ0v) is 12.4. The molecule has 2 aromatic rings. The van der Waals surface area contributed by atoms with Crippen molar-refractivity contribution in [2.75, 3.05) is 6.54 Å². The Bertz CT molecular complexity index is 611. The number of aryl methyl sites for hydroxylation is 1. The molecule has 0 unspecified atom stereocenters. The normalized spacial score (nSPS) is 11.8. The second-order valence-electron chi connectivity index (χ2n) is 5.35. The number of rotatable bonds is 8. The molecule has 0 aromatic heterocycles. The largest absolute Gasteiger partial charge is 0.300 e. The molecule has 0 aliphatic rings. The van der Waals surface area contributed by atoms with Crippen LogP contribution in [0.15, 0.2) is 60.7 Å². The number of hydrogen-bond acceptors (Lipinski definition) is 3. The molecule has 0 saturated heterocycles. The molecule has 0 fully saturated rings. The van der Waals surface area contributed by atoms with Crippen molar-refractivity contribution in [2.45, 2.75) is 25.2 Å². The van der Waals surface area contributed by atoms with E-state index in [1.54, 1.807) is 0 Å². The third kappa shape index (κ3) is 5.13. The van der Waals surface area contributed by atoms with Crippen LogP contribution in [0, 0.1) is 10.1 Å². The molecule has 0 N–H and O–H groups in total. The number of hydrogen-bond donors (Lipinski definition) is 0. The molecule has 0 spiro atoms. The molecule has 0 amide bonds. The van der Waals surface area contributed by atoms with Gasteiger partial charge in [-0.3, -0.25) is 14.9 Å². The minimum atomic E-state index is -0.348. The van der Waals surface area contributed by atoms with Gasteiger partial charge in [-0.15, -0.1) is 0 Å². The van der Waals surface area contributed by atoms with E-state index in [1.165, 1.54) is 0 Å². The zero-order chi connectivity index (χ0) is 15.8. The molecule has 4 heteroatoms. The highest BCUT2D eigenvalue weighted by atomic mass is 16.6. The number of Topliss-reactive ketones (excluding diaryl/α,β-unsaturated/α-hetero) is 1. The van der Waals surface area contributed by atoms with Gasteiger partial charge in [-0.2, -0.15) is 0 Å². The first-order chi connectivity index (χ1) is 10.6. The minimum absolute atomic E-state index is 0.0690. The van der Waals surface area contributed by atoms with Crippen LogP contribution in [0.2, 0.25) is 0 Å². The molecule has 0 aliphatic carbocycles. The molecule has 1 atom stereocenters. The molecule has 0 heterocycles. The predicted octanol–water partition coefficient (Wildman–Crippen LogP) is 3.64. The quantitative estimate of drug-likeness (QED) is 0.552. The fourth-order valence-corrected chi connectivity index (χ4v) is 2.50. The van der Waals surface area contributed by atoms with E-state index in [4.69, 9.17) is 0 Å². The first-order valence-corrected chi connectivity index (χ1v) is 7.37. The van der Waals surface area contributed by atoms with Crippen LogP contribution in [-0.4, -0.2) is 17.3 Å². The Kier molecular flexibility index (Phi) is 5.83. The smallest absolute Gasteiger partial charge is 0.211 e. The molecule has 2 rings (SSSR count). The van der Waals surface area contributed by atoms with Gasteiger partial charge in [0.25, 0.3) is 0 Å². The van der Waals surface area contributed by atoms with Gasteiger partial charge in [0.2, 0.25) is 6.54 Å². The van der Waals surface area contributed by atoms with Crippen LogP contribution in [0.4, 0.5) is 0 Å².